The molecule has 0 aliphatic carbocycles. The van der Waals surface area contributed by atoms with Crippen molar-refractivity contribution in [3.05, 3.63) is 33.7 Å². The van der Waals surface area contributed by atoms with Crippen LogP contribution in [0.5, 0.6) is 0 Å². The first kappa shape index (κ1) is 11.0. The van der Waals surface area contributed by atoms with Gasteiger partial charge in [0, 0.05) is 18.7 Å². The van der Waals surface area contributed by atoms with Gasteiger partial charge in [-0.1, -0.05) is 0 Å². The van der Waals surface area contributed by atoms with Gasteiger partial charge < -0.3 is 4.57 Å². The highest BCUT2D eigenvalue weighted by Gasteiger charge is 2.04. The molecule has 0 N–H and O–H groups in total. The van der Waals surface area contributed by atoms with Gasteiger partial charge in [-0.2, -0.15) is 10.5 Å². The summed E-state index contributed by atoms with van der Waals surface area (Å²) >= 11 is 0. The van der Waals surface area contributed by atoms with Crippen molar-refractivity contribution in [1.82, 2.24) is 4.57 Å². The summed E-state index contributed by atoms with van der Waals surface area (Å²) in [5, 5.41) is 17.1. The SMILES string of the molecule is Cc1ccc(C#N)c(=O)n1CCCC#N. The largest absolute Gasteiger partial charge is 0.312 e. The first-order valence-electron chi connectivity index (χ1n) is 4.68. The molecule has 15 heavy (non-hydrogen) atoms. The monoisotopic (exact) mass is 201 g/mol. The molecule has 0 aromatic carbocycles. The minimum atomic E-state index is -0.268. The van der Waals surface area contributed by atoms with Crippen LogP contribution < -0.4 is 5.56 Å². The van der Waals surface area contributed by atoms with E-state index >= 15 is 0 Å². The van der Waals surface area contributed by atoms with Crippen LogP contribution in [0.15, 0.2) is 16.9 Å². The summed E-state index contributed by atoms with van der Waals surface area (Å²) < 4.78 is 1.54. The minimum Gasteiger partial charge on any atom is -0.312 e. The minimum absolute atomic E-state index is 0.151. The highest BCUT2D eigenvalue weighted by molar-refractivity contribution is 5.27. The highest BCUT2D eigenvalue weighted by atomic mass is 16.1. The second-order valence-corrected chi connectivity index (χ2v) is 3.22. The molecule has 0 bridgehead atoms. The molecule has 0 aliphatic rings. The Morgan fingerprint density at radius 2 is 2.13 bits per heavy atom. The quantitative estimate of drug-likeness (QED) is 0.693. The van der Waals surface area contributed by atoms with Gasteiger partial charge >= 0.3 is 0 Å². The maximum absolute atomic E-state index is 11.7. The Morgan fingerprint density at radius 3 is 2.73 bits per heavy atom. The van der Waals surface area contributed by atoms with Crippen molar-refractivity contribution < 1.29 is 0 Å². The summed E-state index contributed by atoms with van der Waals surface area (Å²) in [6.45, 7) is 2.31. The fraction of sp³-hybridized carbons (Fsp3) is 0.364. The summed E-state index contributed by atoms with van der Waals surface area (Å²) in [4.78, 5) is 11.7. The van der Waals surface area contributed by atoms with Gasteiger partial charge in [-0.15, -0.1) is 0 Å². The first-order valence-corrected chi connectivity index (χ1v) is 4.68. The average molecular weight is 201 g/mol. The lowest BCUT2D eigenvalue weighted by Gasteiger charge is -2.08. The summed E-state index contributed by atoms with van der Waals surface area (Å²) in [5.74, 6) is 0. The van der Waals surface area contributed by atoms with Crippen LogP contribution in [0.4, 0.5) is 0 Å². The lowest BCUT2D eigenvalue weighted by atomic mass is 10.2. The van der Waals surface area contributed by atoms with Crippen LogP contribution >= 0.6 is 0 Å². The number of hydrogen-bond acceptors (Lipinski definition) is 3. The van der Waals surface area contributed by atoms with Crippen LogP contribution in [0.3, 0.4) is 0 Å². The maximum atomic E-state index is 11.7. The molecule has 0 atom stereocenters. The van der Waals surface area contributed by atoms with E-state index in [-0.39, 0.29) is 11.1 Å². The van der Waals surface area contributed by atoms with Gasteiger partial charge in [0.2, 0.25) is 0 Å². The Morgan fingerprint density at radius 1 is 1.40 bits per heavy atom. The number of unbranched alkanes of at least 4 members (excludes halogenated alkanes) is 1. The molecule has 0 saturated carbocycles. The zero-order valence-corrected chi connectivity index (χ0v) is 8.53. The number of aryl methyl sites for hydroxylation is 1. The molecule has 1 aromatic heterocycles. The topological polar surface area (TPSA) is 69.6 Å². The van der Waals surface area contributed by atoms with Crippen LogP contribution in [0.1, 0.15) is 24.1 Å². The van der Waals surface area contributed by atoms with Gasteiger partial charge in [0.1, 0.15) is 11.6 Å². The van der Waals surface area contributed by atoms with Crippen molar-refractivity contribution in [3.8, 4) is 12.1 Å². The van der Waals surface area contributed by atoms with Gasteiger partial charge in [-0.3, -0.25) is 4.79 Å². The highest BCUT2D eigenvalue weighted by Crippen LogP contribution is 2.00. The van der Waals surface area contributed by atoms with E-state index in [1.807, 2.05) is 19.1 Å². The van der Waals surface area contributed by atoms with Crippen molar-refractivity contribution >= 4 is 0 Å². The fourth-order valence-corrected chi connectivity index (χ4v) is 1.35. The lowest BCUT2D eigenvalue weighted by Crippen LogP contribution is -2.24. The third-order valence-corrected chi connectivity index (χ3v) is 2.18. The second-order valence-electron chi connectivity index (χ2n) is 3.22. The zero-order valence-electron chi connectivity index (χ0n) is 8.53. The second kappa shape index (κ2) is 4.97. The van der Waals surface area contributed by atoms with E-state index in [1.54, 1.807) is 6.07 Å². The van der Waals surface area contributed by atoms with E-state index in [1.165, 1.54) is 10.6 Å². The van der Waals surface area contributed by atoms with E-state index in [0.29, 0.717) is 19.4 Å². The number of nitriles is 2. The standard InChI is InChI=1S/C11H11N3O/c1-9-4-5-10(8-13)11(15)14(9)7-3-2-6-12/h4-5H,2-3,7H2,1H3. The van der Waals surface area contributed by atoms with Crippen LogP contribution in [0.25, 0.3) is 0 Å². The molecule has 0 unspecified atom stereocenters. The van der Waals surface area contributed by atoms with Crippen LogP contribution in [0, 0.1) is 29.6 Å². The summed E-state index contributed by atoms with van der Waals surface area (Å²) in [6.07, 6.45) is 1.05. The Labute approximate surface area is 88.0 Å². The number of pyridine rings is 1. The molecule has 4 nitrogen and oxygen atoms in total. The molecule has 0 amide bonds. The van der Waals surface area contributed by atoms with Crippen LogP contribution in [-0.4, -0.2) is 4.57 Å². The average Bonchev–Trinajstić information content (AvgIpc) is 2.23. The molecule has 1 heterocycles. The smallest absolute Gasteiger partial charge is 0.268 e. The third-order valence-electron chi connectivity index (χ3n) is 2.18. The molecule has 0 fully saturated rings. The Kier molecular flexibility index (Phi) is 3.65. The van der Waals surface area contributed by atoms with E-state index in [9.17, 15) is 4.79 Å². The van der Waals surface area contributed by atoms with Crippen molar-refractivity contribution in [2.24, 2.45) is 0 Å². The molecular weight excluding hydrogens is 190 g/mol. The molecule has 0 saturated heterocycles. The predicted molar refractivity (Wildman–Crippen MR) is 55.0 cm³/mol. The van der Waals surface area contributed by atoms with Crippen molar-refractivity contribution in [2.45, 2.75) is 26.3 Å². The lowest BCUT2D eigenvalue weighted by molar-refractivity contribution is 0.614. The fourth-order valence-electron chi connectivity index (χ4n) is 1.35. The molecule has 76 valence electrons. The number of hydrogen-bond donors (Lipinski definition) is 0. The van der Waals surface area contributed by atoms with E-state index < -0.39 is 0 Å². The third kappa shape index (κ3) is 2.45. The van der Waals surface area contributed by atoms with E-state index in [0.717, 1.165) is 5.69 Å². The summed E-state index contributed by atoms with van der Waals surface area (Å²) in [5.41, 5.74) is 0.699. The van der Waals surface area contributed by atoms with Crippen LogP contribution in [0.2, 0.25) is 0 Å². The van der Waals surface area contributed by atoms with Crippen molar-refractivity contribution in [1.29, 1.82) is 10.5 Å². The maximum Gasteiger partial charge on any atom is 0.268 e. The predicted octanol–water partition coefficient (Wildman–Crippen LogP) is 1.33. The van der Waals surface area contributed by atoms with Gasteiger partial charge in [0.15, 0.2) is 0 Å². The number of rotatable bonds is 3. The first-order chi connectivity index (χ1) is 7.20. The van der Waals surface area contributed by atoms with E-state index in [2.05, 4.69) is 0 Å². The summed E-state index contributed by atoms with van der Waals surface area (Å²) in [7, 11) is 0. The Bertz CT molecular complexity index is 488. The molecule has 4 heteroatoms. The van der Waals surface area contributed by atoms with Crippen LogP contribution in [-0.2, 0) is 6.54 Å². The van der Waals surface area contributed by atoms with Gasteiger partial charge in [-0.25, -0.2) is 0 Å². The normalized spacial score (nSPS) is 9.27. The summed E-state index contributed by atoms with van der Waals surface area (Å²) in [6, 6.07) is 7.15. The molecule has 0 aliphatic heterocycles. The number of aromatic nitrogens is 1. The molecule has 1 rings (SSSR count). The van der Waals surface area contributed by atoms with E-state index in [4.69, 9.17) is 10.5 Å². The van der Waals surface area contributed by atoms with Gasteiger partial charge in [0.05, 0.1) is 6.07 Å². The molecule has 0 radical (unpaired) electrons. The zero-order chi connectivity index (χ0) is 11.3. The van der Waals surface area contributed by atoms with Crippen molar-refractivity contribution in [3.63, 3.8) is 0 Å². The van der Waals surface area contributed by atoms with Gasteiger partial charge in [-0.05, 0) is 25.5 Å². The Hall–Kier alpha value is -2.07. The number of nitrogens with zero attached hydrogens (tertiary/aromatic N) is 3. The molecule has 0 spiro atoms. The van der Waals surface area contributed by atoms with Gasteiger partial charge in [0.25, 0.3) is 5.56 Å². The molecular formula is C11H11N3O. The molecule has 1 aromatic rings. The van der Waals surface area contributed by atoms with Crippen molar-refractivity contribution in [2.75, 3.05) is 0 Å². The Balaban J connectivity index is 3.02.